The van der Waals surface area contributed by atoms with Crippen LogP contribution in [0.3, 0.4) is 0 Å². The molecule has 0 spiro atoms. The molecule has 1 heterocycles. The lowest BCUT2D eigenvalue weighted by molar-refractivity contribution is 0.101. The number of amides is 1. The zero-order valence-electron chi connectivity index (χ0n) is 10.2. The van der Waals surface area contributed by atoms with E-state index in [1.807, 2.05) is 0 Å². The largest absolute Gasteiger partial charge is 0.321 e. The zero-order chi connectivity index (χ0) is 13.8. The van der Waals surface area contributed by atoms with Crippen LogP contribution in [-0.4, -0.2) is 16.7 Å². The molecule has 1 aromatic carbocycles. The smallest absolute Gasteiger partial charge is 0.274 e. The molecule has 1 amide bonds. The molecular weight excluding hydrogens is 264 g/mol. The molecule has 0 unspecified atom stereocenters. The molecule has 4 nitrogen and oxygen atoms in total. The van der Waals surface area contributed by atoms with Gasteiger partial charge in [0.1, 0.15) is 5.69 Å². The van der Waals surface area contributed by atoms with E-state index in [4.69, 9.17) is 11.6 Å². The number of hydrogen-bond acceptors (Lipinski definition) is 3. The Bertz CT molecular complexity index is 624. The number of carbonyl (C=O) groups is 2. The van der Waals surface area contributed by atoms with E-state index < -0.39 is 0 Å². The van der Waals surface area contributed by atoms with Crippen LogP contribution < -0.4 is 5.32 Å². The number of hydrogen-bond donors (Lipinski definition) is 1. The Morgan fingerprint density at radius 3 is 2.42 bits per heavy atom. The number of aromatic nitrogens is 1. The zero-order valence-corrected chi connectivity index (χ0v) is 10.9. The molecule has 0 saturated carbocycles. The van der Waals surface area contributed by atoms with Crippen molar-refractivity contribution < 1.29 is 9.59 Å². The van der Waals surface area contributed by atoms with Crippen molar-refractivity contribution in [1.29, 1.82) is 0 Å². The summed E-state index contributed by atoms with van der Waals surface area (Å²) < 4.78 is 0. The van der Waals surface area contributed by atoms with Gasteiger partial charge >= 0.3 is 0 Å². The Balaban J connectivity index is 2.13. The van der Waals surface area contributed by atoms with Gasteiger partial charge in [0.15, 0.2) is 5.78 Å². The minimum absolute atomic E-state index is 0.0191. The normalized spacial score (nSPS) is 10.0. The Morgan fingerprint density at radius 2 is 1.84 bits per heavy atom. The van der Waals surface area contributed by atoms with E-state index >= 15 is 0 Å². The van der Waals surface area contributed by atoms with Crippen LogP contribution in [0.5, 0.6) is 0 Å². The number of carbonyl (C=O) groups excluding carboxylic acids is 2. The summed E-state index contributed by atoms with van der Waals surface area (Å²) in [6, 6.07) is 9.73. The van der Waals surface area contributed by atoms with Gasteiger partial charge in [-0.1, -0.05) is 11.6 Å². The van der Waals surface area contributed by atoms with Gasteiger partial charge in [-0.15, -0.1) is 0 Å². The third-order valence-corrected chi connectivity index (χ3v) is 2.74. The first-order valence-electron chi connectivity index (χ1n) is 5.60. The first kappa shape index (κ1) is 13.2. The first-order valence-corrected chi connectivity index (χ1v) is 5.98. The molecule has 2 rings (SSSR count). The van der Waals surface area contributed by atoms with Crippen molar-refractivity contribution in [1.82, 2.24) is 4.98 Å². The number of nitrogens with one attached hydrogen (secondary N) is 1. The van der Waals surface area contributed by atoms with Gasteiger partial charge in [-0.05, 0) is 43.3 Å². The van der Waals surface area contributed by atoms with Crippen molar-refractivity contribution in [3.05, 3.63) is 58.9 Å². The summed E-state index contributed by atoms with van der Waals surface area (Å²) in [4.78, 5) is 26.9. The monoisotopic (exact) mass is 274 g/mol. The molecule has 2 aromatic rings. The van der Waals surface area contributed by atoms with Gasteiger partial charge in [0.25, 0.3) is 5.91 Å². The molecule has 0 aliphatic heterocycles. The second kappa shape index (κ2) is 5.63. The fraction of sp³-hybridized carbons (Fsp3) is 0.0714. The van der Waals surface area contributed by atoms with Crippen molar-refractivity contribution in [3.63, 3.8) is 0 Å². The Kier molecular flexibility index (Phi) is 3.92. The average molecular weight is 275 g/mol. The second-order valence-electron chi connectivity index (χ2n) is 3.95. The van der Waals surface area contributed by atoms with E-state index in [-0.39, 0.29) is 17.4 Å². The van der Waals surface area contributed by atoms with Crippen molar-refractivity contribution in [3.8, 4) is 0 Å². The Hall–Kier alpha value is -2.20. The van der Waals surface area contributed by atoms with Gasteiger partial charge in [-0.2, -0.15) is 0 Å². The number of anilines is 1. The van der Waals surface area contributed by atoms with Crippen LogP contribution >= 0.6 is 11.6 Å². The summed E-state index contributed by atoms with van der Waals surface area (Å²) >= 11 is 5.79. The summed E-state index contributed by atoms with van der Waals surface area (Å²) in [5.41, 5.74) is 1.43. The number of rotatable bonds is 3. The maximum atomic E-state index is 11.9. The summed E-state index contributed by atoms with van der Waals surface area (Å²) in [5, 5.41) is 3.13. The highest BCUT2D eigenvalue weighted by Crippen LogP contribution is 2.13. The molecule has 0 saturated heterocycles. The van der Waals surface area contributed by atoms with Gasteiger partial charge in [0.2, 0.25) is 0 Å². The number of Topliss-reactive ketones (excluding diaryl/α,β-unsaturated/α-hetero) is 1. The lowest BCUT2D eigenvalue weighted by Crippen LogP contribution is -2.13. The summed E-state index contributed by atoms with van der Waals surface area (Å²) in [5.74, 6) is -0.368. The molecule has 0 atom stereocenters. The van der Waals surface area contributed by atoms with E-state index in [9.17, 15) is 9.59 Å². The highest BCUT2D eigenvalue weighted by atomic mass is 35.5. The molecule has 1 N–H and O–H groups in total. The van der Waals surface area contributed by atoms with Crippen molar-refractivity contribution in [2.24, 2.45) is 0 Å². The number of benzene rings is 1. The van der Waals surface area contributed by atoms with Crippen LogP contribution in [0.1, 0.15) is 27.8 Å². The minimum Gasteiger partial charge on any atom is -0.321 e. The highest BCUT2D eigenvalue weighted by molar-refractivity contribution is 6.30. The van der Waals surface area contributed by atoms with E-state index in [0.717, 1.165) is 0 Å². The molecule has 1 aromatic heterocycles. The van der Waals surface area contributed by atoms with E-state index in [0.29, 0.717) is 16.3 Å². The third kappa shape index (κ3) is 3.39. The van der Waals surface area contributed by atoms with E-state index in [1.54, 1.807) is 30.3 Å². The molecule has 19 heavy (non-hydrogen) atoms. The molecule has 0 fully saturated rings. The summed E-state index contributed by atoms with van der Waals surface area (Å²) in [6.45, 7) is 1.49. The van der Waals surface area contributed by atoms with E-state index in [1.165, 1.54) is 19.2 Å². The maximum absolute atomic E-state index is 11.9. The molecule has 96 valence electrons. The lowest BCUT2D eigenvalue weighted by Gasteiger charge is -2.05. The molecule has 0 bridgehead atoms. The van der Waals surface area contributed by atoms with Gasteiger partial charge in [0.05, 0.1) is 0 Å². The molecular formula is C14H11ClN2O2. The quantitative estimate of drug-likeness (QED) is 0.875. The van der Waals surface area contributed by atoms with Crippen molar-refractivity contribution in [2.45, 2.75) is 6.92 Å². The number of pyridine rings is 1. The predicted octanol–water partition coefficient (Wildman–Crippen LogP) is 3.19. The topological polar surface area (TPSA) is 59.1 Å². The van der Waals surface area contributed by atoms with Crippen LogP contribution in [0.4, 0.5) is 5.69 Å². The number of halogens is 1. The van der Waals surface area contributed by atoms with Crippen LogP contribution in [-0.2, 0) is 0 Å². The fourth-order valence-electron chi connectivity index (χ4n) is 1.51. The first-order chi connectivity index (χ1) is 9.06. The average Bonchev–Trinajstić information content (AvgIpc) is 2.39. The second-order valence-corrected chi connectivity index (χ2v) is 4.38. The van der Waals surface area contributed by atoms with Crippen molar-refractivity contribution >= 4 is 29.0 Å². The van der Waals surface area contributed by atoms with Crippen LogP contribution in [0.2, 0.25) is 5.02 Å². The molecule has 5 heteroatoms. The summed E-state index contributed by atoms with van der Waals surface area (Å²) in [6.07, 6.45) is 1.47. The van der Waals surface area contributed by atoms with Gasteiger partial charge in [0, 0.05) is 22.5 Å². The SMILES string of the molecule is CC(=O)c1ccc(NC(=O)c2cc(Cl)ccn2)cc1. The maximum Gasteiger partial charge on any atom is 0.274 e. The van der Waals surface area contributed by atoms with Gasteiger partial charge in [-0.25, -0.2) is 0 Å². The summed E-state index contributed by atoms with van der Waals surface area (Å²) in [7, 11) is 0. The number of nitrogens with zero attached hydrogens (tertiary/aromatic N) is 1. The Labute approximate surface area is 115 Å². The lowest BCUT2D eigenvalue weighted by atomic mass is 10.1. The fourth-order valence-corrected chi connectivity index (χ4v) is 1.67. The highest BCUT2D eigenvalue weighted by Gasteiger charge is 2.08. The van der Waals surface area contributed by atoms with Crippen LogP contribution in [0.15, 0.2) is 42.6 Å². The molecule has 0 radical (unpaired) electrons. The van der Waals surface area contributed by atoms with Crippen molar-refractivity contribution in [2.75, 3.05) is 5.32 Å². The minimum atomic E-state index is -0.349. The molecule has 0 aliphatic carbocycles. The predicted molar refractivity (Wildman–Crippen MR) is 73.6 cm³/mol. The third-order valence-electron chi connectivity index (χ3n) is 2.50. The van der Waals surface area contributed by atoms with Gasteiger partial charge in [-0.3, -0.25) is 14.6 Å². The molecule has 0 aliphatic rings. The van der Waals surface area contributed by atoms with Gasteiger partial charge < -0.3 is 5.32 Å². The van der Waals surface area contributed by atoms with Crippen LogP contribution in [0, 0.1) is 0 Å². The standard InChI is InChI=1S/C14H11ClN2O2/c1-9(18)10-2-4-12(5-3-10)17-14(19)13-8-11(15)6-7-16-13/h2-8H,1H3,(H,17,19). The van der Waals surface area contributed by atoms with E-state index in [2.05, 4.69) is 10.3 Å². The number of ketones is 1. The Morgan fingerprint density at radius 1 is 1.16 bits per heavy atom. The van der Waals surface area contributed by atoms with Crippen LogP contribution in [0.25, 0.3) is 0 Å².